The minimum atomic E-state index is -0.833. The zero-order chi connectivity index (χ0) is 9.98. The SMILES string of the molecule is CC(=O)O.CCCCCC(=O)O.N.N. The smallest absolute Gasteiger partial charge is 0.303 e. The summed E-state index contributed by atoms with van der Waals surface area (Å²) < 4.78 is 0. The van der Waals surface area contributed by atoms with E-state index in [1.54, 1.807) is 0 Å². The Balaban J connectivity index is -0.0000000733. The lowest BCUT2D eigenvalue weighted by Crippen LogP contribution is -1.92. The van der Waals surface area contributed by atoms with E-state index in [4.69, 9.17) is 15.0 Å². The molecule has 0 aliphatic carbocycles. The Morgan fingerprint density at radius 3 is 1.64 bits per heavy atom. The summed E-state index contributed by atoms with van der Waals surface area (Å²) in [7, 11) is 0. The molecule has 0 aromatic heterocycles. The van der Waals surface area contributed by atoms with Gasteiger partial charge in [0.05, 0.1) is 0 Å². The largest absolute Gasteiger partial charge is 0.481 e. The summed E-state index contributed by atoms with van der Waals surface area (Å²) in [5.74, 6) is -1.52. The number of aliphatic carboxylic acids is 2. The number of carbonyl (C=O) groups is 2. The van der Waals surface area contributed by atoms with Crippen molar-refractivity contribution in [1.29, 1.82) is 0 Å². The van der Waals surface area contributed by atoms with Crippen LogP contribution in [0.1, 0.15) is 39.5 Å². The fourth-order valence-electron chi connectivity index (χ4n) is 0.526. The first kappa shape index (κ1) is 23.0. The maximum atomic E-state index is 9.87. The predicted molar refractivity (Wildman–Crippen MR) is 55.1 cm³/mol. The van der Waals surface area contributed by atoms with Gasteiger partial charge < -0.3 is 22.5 Å². The summed E-state index contributed by atoms with van der Waals surface area (Å²) in [6.45, 7) is 3.14. The summed E-state index contributed by atoms with van der Waals surface area (Å²) in [6, 6.07) is 0. The van der Waals surface area contributed by atoms with Crippen LogP contribution in [0.4, 0.5) is 0 Å². The third-order valence-corrected chi connectivity index (χ3v) is 0.994. The summed E-state index contributed by atoms with van der Waals surface area (Å²) in [5, 5.41) is 15.6. The van der Waals surface area contributed by atoms with Gasteiger partial charge in [-0.25, -0.2) is 0 Å². The maximum Gasteiger partial charge on any atom is 0.303 e. The Morgan fingerprint density at radius 2 is 1.43 bits per heavy atom. The Morgan fingerprint density at radius 1 is 1.07 bits per heavy atom. The van der Waals surface area contributed by atoms with Crippen molar-refractivity contribution >= 4 is 11.9 Å². The monoisotopic (exact) mass is 210 g/mol. The van der Waals surface area contributed by atoms with E-state index in [0.717, 1.165) is 26.2 Å². The van der Waals surface area contributed by atoms with Crippen LogP contribution < -0.4 is 12.3 Å². The van der Waals surface area contributed by atoms with Crippen LogP contribution in [0.5, 0.6) is 0 Å². The molecule has 6 heteroatoms. The molecule has 0 spiro atoms. The lowest BCUT2D eigenvalue weighted by Gasteiger charge is -1.89. The second-order valence-corrected chi connectivity index (χ2v) is 2.37. The molecule has 0 aromatic carbocycles. The molecule has 14 heavy (non-hydrogen) atoms. The number of carboxylic acid groups (broad SMARTS) is 2. The fraction of sp³-hybridized carbons (Fsp3) is 0.750. The fourth-order valence-corrected chi connectivity index (χ4v) is 0.526. The highest BCUT2D eigenvalue weighted by Gasteiger charge is 1.92. The topological polar surface area (TPSA) is 145 Å². The van der Waals surface area contributed by atoms with Crippen LogP contribution in [0.2, 0.25) is 0 Å². The van der Waals surface area contributed by atoms with Crippen molar-refractivity contribution in [2.24, 2.45) is 0 Å². The molecule has 0 rings (SSSR count). The Bertz CT molecular complexity index is 135. The molecule has 8 N–H and O–H groups in total. The first-order valence-electron chi connectivity index (χ1n) is 3.92. The minimum absolute atomic E-state index is 0. The van der Waals surface area contributed by atoms with Gasteiger partial charge in [0.1, 0.15) is 0 Å². The summed E-state index contributed by atoms with van der Waals surface area (Å²) in [4.78, 5) is 18.9. The quantitative estimate of drug-likeness (QED) is 0.522. The van der Waals surface area contributed by atoms with E-state index < -0.39 is 11.9 Å². The van der Waals surface area contributed by atoms with Gasteiger partial charge in [0.15, 0.2) is 0 Å². The normalized spacial score (nSPS) is 7.00. The lowest BCUT2D eigenvalue weighted by atomic mass is 10.2. The number of hydrogen-bond donors (Lipinski definition) is 4. The molecule has 0 atom stereocenters. The van der Waals surface area contributed by atoms with Crippen LogP contribution >= 0.6 is 0 Å². The first-order valence-corrected chi connectivity index (χ1v) is 3.92. The molecule has 0 fully saturated rings. The maximum absolute atomic E-state index is 9.87. The average molecular weight is 210 g/mol. The first-order chi connectivity index (χ1) is 5.50. The van der Waals surface area contributed by atoms with Gasteiger partial charge in [-0.1, -0.05) is 19.8 Å². The number of unbranched alkanes of at least 4 members (excludes halogenated alkanes) is 2. The highest BCUT2D eigenvalue weighted by molar-refractivity contribution is 5.66. The van der Waals surface area contributed by atoms with E-state index in [-0.39, 0.29) is 12.3 Å². The molecule has 0 amide bonds. The Hall–Kier alpha value is -1.14. The third kappa shape index (κ3) is 70.9. The average Bonchev–Trinajstić information content (AvgIpc) is 1.86. The van der Waals surface area contributed by atoms with E-state index in [0.29, 0.717) is 6.42 Å². The molecule has 0 aromatic rings. The highest BCUT2D eigenvalue weighted by atomic mass is 16.4. The summed E-state index contributed by atoms with van der Waals surface area (Å²) >= 11 is 0. The predicted octanol–water partition coefficient (Wildman–Crippen LogP) is 2.07. The second kappa shape index (κ2) is 17.8. The molecule has 0 bridgehead atoms. The van der Waals surface area contributed by atoms with Crippen LogP contribution in [-0.2, 0) is 9.59 Å². The minimum Gasteiger partial charge on any atom is -0.481 e. The van der Waals surface area contributed by atoms with Gasteiger partial charge in [0.2, 0.25) is 0 Å². The van der Waals surface area contributed by atoms with Crippen molar-refractivity contribution in [3.63, 3.8) is 0 Å². The molecule has 0 aliphatic rings. The van der Waals surface area contributed by atoms with Crippen molar-refractivity contribution in [1.82, 2.24) is 12.3 Å². The van der Waals surface area contributed by atoms with Gasteiger partial charge in [-0.2, -0.15) is 0 Å². The summed E-state index contributed by atoms with van der Waals surface area (Å²) in [5.41, 5.74) is 0. The van der Waals surface area contributed by atoms with Crippen molar-refractivity contribution in [2.75, 3.05) is 0 Å². The second-order valence-electron chi connectivity index (χ2n) is 2.37. The Kier molecular flexibility index (Phi) is 29.3. The van der Waals surface area contributed by atoms with Crippen molar-refractivity contribution in [2.45, 2.75) is 39.5 Å². The third-order valence-electron chi connectivity index (χ3n) is 0.994. The molecule has 0 saturated carbocycles. The number of rotatable bonds is 4. The molecule has 0 heterocycles. The van der Waals surface area contributed by atoms with Gasteiger partial charge in [-0.15, -0.1) is 0 Å². The van der Waals surface area contributed by atoms with Crippen molar-refractivity contribution in [3.05, 3.63) is 0 Å². The van der Waals surface area contributed by atoms with Crippen LogP contribution in [0.3, 0.4) is 0 Å². The van der Waals surface area contributed by atoms with Crippen LogP contribution in [-0.4, -0.2) is 22.2 Å². The van der Waals surface area contributed by atoms with Gasteiger partial charge in [-0.05, 0) is 6.42 Å². The van der Waals surface area contributed by atoms with Gasteiger partial charge in [0.25, 0.3) is 5.97 Å². The van der Waals surface area contributed by atoms with E-state index >= 15 is 0 Å². The van der Waals surface area contributed by atoms with E-state index in [2.05, 4.69) is 6.92 Å². The molecular weight excluding hydrogens is 188 g/mol. The number of carboxylic acids is 2. The van der Waals surface area contributed by atoms with Gasteiger partial charge in [-0.3, -0.25) is 9.59 Å². The van der Waals surface area contributed by atoms with Crippen molar-refractivity contribution in [3.8, 4) is 0 Å². The van der Waals surface area contributed by atoms with Crippen LogP contribution in [0.25, 0.3) is 0 Å². The standard InChI is InChI=1S/C6H12O2.C2H4O2.2H3N/c1-2-3-4-5-6(7)8;1-2(3)4;;/h2-5H2,1H3,(H,7,8);1H3,(H,3,4);2*1H3. The molecule has 6 nitrogen and oxygen atoms in total. The van der Waals surface area contributed by atoms with E-state index in [1.165, 1.54) is 0 Å². The molecule has 0 unspecified atom stereocenters. The van der Waals surface area contributed by atoms with Crippen LogP contribution in [0.15, 0.2) is 0 Å². The summed E-state index contributed by atoms with van der Waals surface area (Å²) in [6.07, 6.45) is 3.28. The molecule has 88 valence electrons. The lowest BCUT2D eigenvalue weighted by molar-refractivity contribution is -0.137. The van der Waals surface area contributed by atoms with Crippen LogP contribution in [0, 0.1) is 0 Å². The van der Waals surface area contributed by atoms with Gasteiger partial charge in [0, 0.05) is 13.3 Å². The zero-order valence-electron chi connectivity index (χ0n) is 8.95. The van der Waals surface area contributed by atoms with E-state index in [1.807, 2.05) is 0 Å². The Labute approximate surface area is 84.5 Å². The van der Waals surface area contributed by atoms with Crippen molar-refractivity contribution < 1.29 is 19.8 Å². The van der Waals surface area contributed by atoms with Gasteiger partial charge >= 0.3 is 5.97 Å². The van der Waals surface area contributed by atoms with E-state index in [9.17, 15) is 4.79 Å². The molecule has 0 aliphatic heterocycles. The molecular formula is C8H22N2O4. The zero-order valence-corrected chi connectivity index (χ0v) is 8.95. The number of hydrogen-bond acceptors (Lipinski definition) is 4. The highest BCUT2D eigenvalue weighted by Crippen LogP contribution is 1.97. The molecule has 0 radical (unpaired) electrons. The molecule has 0 saturated heterocycles.